The monoisotopic (exact) mass is 490 g/mol. The number of amides is 1. The summed E-state index contributed by atoms with van der Waals surface area (Å²) in [6.07, 6.45) is -1.78. The van der Waals surface area contributed by atoms with E-state index in [1.54, 1.807) is 42.5 Å². The molecule has 0 bridgehead atoms. The van der Waals surface area contributed by atoms with Gasteiger partial charge in [-0.05, 0) is 43.2 Å². The van der Waals surface area contributed by atoms with Crippen molar-refractivity contribution in [1.29, 1.82) is 0 Å². The molecule has 0 aromatic heterocycles. The van der Waals surface area contributed by atoms with Gasteiger partial charge in [-0.15, -0.1) is 0 Å². The van der Waals surface area contributed by atoms with Gasteiger partial charge >= 0.3 is 5.97 Å². The summed E-state index contributed by atoms with van der Waals surface area (Å²) >= 11 is 0. The number of nitro groups is 1. The molecule has 0 aliphatic heterocycles. The molecule has 3 aromatic carbocycles. The molecule has 3 rings (SSSR count). The summed E-state index contributed by atoms with van der Waals surface area (Å²) in [6.45, 7) is 3.82. The molecule has 0 aliphatic rings. The molecule has 0 spiro atoms. The molecule has 3 aromatic rings. The number of carbonyl (C=O) groups is 3. The van der Waals surface area contributed by atoms with Gasteiger partial charge in [-0.25, -0.2) is 0 Å². The molecule has 9 nitrogen and oxygen atoms in total. The van der Waals surface area contributed by atoms with Gasteiger partial charge in [-0.2, -0.15) is 0 Å². The molecule has 0 unspecified atom stereocenters. The van der Waals surface area contributed by atoms with Crippen molar-refractivity contribution in [2.24, 2.45) is 0 Å². The van der Waals surface area contributed by atoms with E-state index in [1.807, 2.05) is 19.9 Å². The molecule has 36 heavy (non-hydrogen) atoms. The SMILES string of the molecule is COc1ccc(NC(=O)CCC(=O)O[C@H](C(=O)c2ccc(C)c(C)c2)c2ccccc2)c([N+](=O)[O-])c1. The number of aryl methyl sites for hydroxylation is 2. The van der Waals surface area contributed by atoms with Gasteiger partial charge in [0.2, 0.25) is 11.7 Å². The Kier molecular flexibility index (Phi) is 8.51. The Balaban J connectivity index is 1.69. The van der Waals surface area contributed by atoms with Crippen LogP contribution in [-0.2, 0) is 14.3 Å². The van der Waals surface area contributed by atoms with Gasteiger partial charge in [-0.1, -0.05) is 42.5 Å². The van der Waals surface area contributed by atoms with Crippen LogP contribution >= 0.6 is 0 Å². The molecule has 1 N–H and O–H groups in total. The summed E-state index contributed by atoms with van der Waals surface area (Å²) in [7, 11) is 1.37. The van der Waals surface area contributed by atoms with Crippen LogP contribution in [0.3, 0.4) is 0 Å². The molecule has 0 saturated carbocycles. The maximum atomic E-state index is 13.2. The fraction of sp³-hybridized carbons (Fsp3) is 0.222. The Bertz CT molecular complexity index is 1290. The van der Waals surface area contributed by atoms with Crippen molar-refractivity contribution in [3.05, 3.63) is 99.1 Å². The predicted molar refractivity (Wildman–Crippen MR) is 133 cm³/mol. The molecule has 0 radical (unpaired) electrons. The van der Waals surface area contributed by atoms with Crippen LogP contribution in [0, 0.1) is 24.0 Å². The van der Waals surface area contributed by atoms with E-state index < -0.39 is 22.9 Å². The zero-order chi connectivity index (χ0) is 26.2. The topological polar surface area (TPSA) is 125 Å². The first kappa shape index (κ1) is 26.1. The zero-order valence-electron chi connectivity index (χ0n) is 20.1. The van der Waals surface area contributed by atoms with Crippen LogP contribution in [0.5, 0.6) is 5.75 Å². The van der Waals surface area contributed by atoms with E-state index >= 15 is 0 Å². The van der Waals surface area contributed by atoms with E-state index in [0.29, 0.717) is 11.1 Å². The van der Waals surface area contributed by atoms with Crippen molar-refractivity contribution in [3.63, 3.8) is 0 Å². The number of benzene rings is 3. The van der Waals surface area contributed by atoms with Gasteiger partial charge in [-0.3, -0.25) is 24.5 Å². The molecule has 9 heteroatoms. The number of rotatable bonds is 10. The molecule has 1 atom stereocenters. The van der Waals surface area contributed by atoms with Crippen molar-refractivity contribution in [2.45, 2.75) is 32.8 Å². The number of carbonyl (C=O) groups excluding carboxylic acids is 3. The van der Waals surface area contributed by atoms with Crippen LogP contribution < -0.4 is 10.1 Å². The fourth-order valence-electron chi connectivity index (χ4n) is 3.46. The number of nitrogens with one attached hydrogen (secondary N) is 1. The fourth-order valence-corrected chi connectivity index (χ4v) is 3.46. The average molecular weight is 491 g/mol. The number of hydrogen-bond donors (Lipinski definition) is 1. The quantitative estimate of drug-likeness (QED) is 0.181. The summed E-state index contributed by atoms with van der Waals surface area (Å²) < 4.78 is 10.5. The standard InChI is InChI=1S/C27H26N2O7/c1-17-9-10-20(15-18(17)2)26(32)27(19-7-5-4-6-8-19)36-25(31)14-13-24(30)28-22-12-11-21(35-3)16-23(22)29(33)34/h4-12,15-16,27H,13-14H2,1-3H3,(H,28,30)/t27-/m0/s1. The summed E-state index contributed by atoms with van der Waals surface area (Å²) in [5.74, 6) is -1.47. The van der Waals surface area contributed by atoms with Crippen LogP contribution in [0.25, 0.3) is 0 Å². The second-order valence-corrected chi connectivity index (χ2v) is 8.13. The average Bonchev–Trinajstić information content (AvgIpc) is 2.87. The number of ketones is 1. The Morgan fingerprint density at radius 2 is 1.67 bits per heavy atom. The second kappa shape index (κ2) is 11.7. The first-order chi connectivity index (χ1) is 17.2. The normalized spacial score (nSPS) is 11.3. The highest BCUT2D eigenvalue weighted by molar-refractivity contribution is 6.01. The minimum absolute atomic E-state index is 0.0220. The molecule has 186 valence electrons. The molecular formula is C27H26N2O7. The lowest BCUT2D eigenvalue weighted by atomic mass is 9.97. The number of nitro benzene ring substituents is 1. The number of esters is 1. The Hall–Kier alpha value is -4.53. The summed E-state index contributed by atoms with van der Waals surface area (Å²) in [6, 6.07) is 17.9. The predicted octanol–water partition coefficient (Wildman–Crippen LogP) is 5.11. The molecular weight excluding hydrogens is 464 g/mol. The number of nitrogens with zero attached hydrogens (tertiary/aromatic N) is 1. The van der Waals surface area contributed by atoms with Gasteiger partial charge in [0, 0.05) is 17.5 Å². The maximum absolute atomic E-state index is 13.2. The molecule has 0 heterocycles. The van der Waals surface area contributed by atoms with E-state index in [9.17, 15) is 24.5 Å². The first-order valence-corrected chi connectivity index (χ1v) is 11.2. The number of Topliss-reactive ketones (excluding diaryl/α,β-unsaturated/α-hetero) is 1. The van der Waals surface area contributed by atoms with Gasteiger partial charge in [0.15, 0.2) is 6.10 Å². The maximum Gasteiger partial charge on any atom is 0.307 e. The highest BCUT2D eigenvalue weighted by Crippen LogP contribution is 2.29. The lowest BCUT2D eigenvalue weighted by Crippen LogP contribution is -2.22. The number of hydrogen-bond acceptors (Lipinski definition) is 7. The number of anilines is 1. The van der Waals surface area contributed by atoms with Gasteiger partial charge in [0.25, 0.3) is 5.69 Å². The van der Waals surface area contributed by atoms with Crippen molar-refractivity contribution in [3.8, 4) is 5.75 Å². The van der Waals surface area contributed by atoms with Crippen molar-refractivity contribution < 1.29 is 28.8 Å². The van der Waals surface area contributed by atoms with Crippen LogP contribution in [0.2, 0.25) is 0 Å². The Morgan fingerprint density at radius 3 is 2.31 bits per heavy atom. The molecule has 0 aliphatic carbocycles. The second-order valence-electron chi connectivity index (χ2n) is 8.13. The smallest absolute Gasteiger partial charge is 0.307 e. The van der Waals surface area contributed by atoms with Gasteiger partial charge in [0.05, 0.1) is 24.5 Å². The van der Waals surface area contributed by atoms with E-state index in [4.69, 9.17) is 9.47 Å². The zero-order valence-corrected chi connectivity index (χ0v) is 20.1. The lowest BCUT2D eigenvalue weighted by molar-refractivity contribution is -0.384. The molecule has 0 fully saturated rings. The van der Waals surface area contributed by atoms with E-state index in [2.05, 4.69) is 5.32 Å². The van der Waals surface area contributed by atoms with Crippen LogP contribution in [0.15, 0.2) is 66.7 Å². The van der Waals surface area contributed by atoms with Crippen molar-refractivity contribution in [2.75, 3.05) is 12.4 Å². The van der Waals surface area contributed by atoms with Crippen LogP contribution in [-0.4, -0.2) is 29.7 Å². The van der Waals surface area contributed by atoms with Gasteiger partial charge in [0.1, 0.15) is 11.4 Å². The van der Waals surface area contributed by atoms with Gasteiger partial charge < -0.3 is 14.8 Å². The summed E-state index contributed by atoms with van der Waals surface area (Å²) in [5.41, 5.74) is 2.52. The summed E-state index contributed by atoms with van der Waals surface area (Å²) in [4.78, 5) is 48.9. The number of ether oxygens (including phenoxy) is 2. The van der Waals surface area contributed by atoms with Crippen LogP contribution in [0.4, 0.5) is 11.4 Å². The first-order valence-electron chi connectivity index (χ1n) is 11.2. The Morgan fingerprint density at radius 1 is 0.944 bits per heavy atom. The third kappa shape index (κ3) is 6.53. The highest BCUT2D eigenvalue weighted by atomic mass is 16.6. The molecule has 1 amide bonds. The molecule has 0 saturated heterocycles. The lowest BCUT2D eigenvalue weighted by Gasteiger charge is -2.18. The minimum atomic E-state index is -1.17. The van der Waals surface area contributed by atoms with E-state index in [1.165, 1.54) is 25.3 Å². The third-order valence-electron chi connectivity index (χ3n) is 5.61. The van der Waals surface area contributed by atoms with Crippen LogP contribution in [0.1, 0.15) is 46.0 Å². The minimum Gasteiger partial charge on any atom is -0.496 e. The number of methoxy groups -OCH3 is 1. The van der Waals surface area contributed by atoms with E-state index in [-0.39, 0.29) is 35.7 Å². The van der Waals surface area contributed by atoms with E-state index in [0.717, 1.165) is 11.1 Å². The highest BCUT2D eigenvalue weighted by Gasteiger charge is 2.27. The third-order valence-corrected chi connectivity index (χ3v) is 5.61. The summed E-state index contributed by atoms with van der Waals surface area (Å²) in [5, 5.41) is 13.7. The van der Waals surface area contributed by atoms with Crippen molar-refractivity contribution >= 4 is 29.0 Å². The van der Waals surface area contributed by atoms with Crippen molar-refractivity contribution in [1.82, 2.24) is 0 Å². The largest absolute Gasteiger partial charge is 0.496 e. The Labute approximate surface area is 208 Å².